The molecule has 0 saturated heterocycles. The molecule has 13 aromatic carbocycles. The van der Waals surface area contributed by atoms with Crippen LogP contribution in [0.2, 0.25) is 0 Å². The minimum absolute atomic E-state index is 0.308. The summed E-state index contributed by atoms with van der Waals surface area (Å²) >= 11 is 0. The molecule has 1 aliphatic carbocycles. The second-order valence-corrected chi connectivity index (χ2v) is 23.0. The number of fused-ring (bicyclic) bond motifs is 15. The van der Waals surface area contributed by atoms with Gasteiger partial charge in [-0.2, -0.15) is 0 Å². The highest BCUT2D eigenvalue weighted by atomic mass is 16.3. The first-order chi connectivity index (χ1) is 40.8. The molecule has 0 N–H and O–H groups in total. The van der Waals surface area contributed by atoms with E-state index in [0.29, 0.717) is 11.8 Å². The summed E-state index contributed by atoms with van der Waals surface area (Å²) < 4.78 is 14.1. The quantitative estimate of drug-likeness (QED) is 0.128. The maximum Gasteiger partial charge on any atom is 0.159 e. The van der Waals surface area contributed by atoms with Crippen LogP contribution in [0.15, 0.2) is 276 Å². The van der Waals surface area contributed by atoms with Crippen molar-refractivity contribution in [1.82, 2.24) is 0 Å². The second kappa shape index (κ2) is 19.0. The third kappa shape index (κ3) is 7.32. The summed E-state index contributed by atoms with van der Waals surface area (Å²) in [5.74, 6) is 0.621. The van der Waals surface area contributed by atoms with Crippen LogP contribution in [-0.4, -0.2) is 0 Å². The summed E-state index contributed by atoms with van der Waals surface area (Å²) in [6.45, 7) is 8.96. The van der Waals surface area contributed by atoms with E-state index in [4.69, 9.17) is 8.83 Å². The zero-order valence-corrected chi connectivity index (χ0v) is 46.8. The molecule has 15 aromatic rings. The highest BCUT2D eigenvalue weighted by Crippen LogP contribution is 2.61. The molecule has 0 fully saturated rings. The van der Waals surface area contributed by atoms with Crippen LogP contribution in [0.25, 0.3) is 87.3 Å². The minimum atomic E-state index is -0.721. The lowest BCUT2D eigenvalue weighted by molar-refractivity contribution is 0.657. The predicted octanol–water partition coefficient (Wildman–Crippen LogP) is 22.5. The van der Waals surface area contributed by atoms with Crippen molar-refractivity contribution in [2.45, 2.75) is 44.9 Å². The van der Waals surface area contributed by atoms with Gasteiger partial charge >= 0.3 is 0 Å². The lowest BCUT2D eigenvalue weighted by atomic mass is 9.66. The average molecular weight is 1070 g/mol. The number of rotatable bonds is 10. The van der Waals surface area contributed by atoms with Gasteiger partial charge in [-0.25, -0.2) is 0 Å². The van der Waals surface area contributed by atoms with Crippen molar-refractivity contribution in [2.75, 3.05) is 9.80 Å². The Morgan fingerprint density at radius 3 is 1.29 bits per heavy atom. The maximum atomic E-state index is 7.07. The molecule has 2 heterocycles. The van der Waals surface area contributed by atoms with Crippen LogP contribution in [0.3, 0.4) is 0 Å². The summed E-state index contributed by atoms with van der Waals surface area (Å²) in [5.41, 5.74) is 19.0. The third-order valence-corrected chi connectivity index (χ3v) is 17.8. The Morgan fingerprint density at radius 1 is 0.313 bits per heavy atom. The van der Waals surface area contributed by atoms with E-state index >= 15 is 0 Å². The van der Waals surface area contributed by atoms with Gasteiger partial charge in [-0.3, -0.25) is 0 Å². The van der Waals surface area contributed by atoms with Crippen molar-refractivity contribution >= 4 is 110 Å². The molecule has 2 aromatic heterocycles. The largest absolute Gasteiger partial charge is 0.454 e. The van der Waals surface area contributed by atoms with E-state index in [9.17, 15) is 0 Å². The summed E-state index contributed by atoms with van der Waals surface area (Å²) in [6, 6.07) is 98.5. The topological polar surface area (TPSA) is 32.8 Å². The van der Waals surface area contributed by atoms with Gasteiger partial charge < -0.3 is 18.6 Å². The van der Waals surface area contributed by atoms with Crippen LogP contribution in [0.5, 0.6) is 0 Å². The molecule has 1 aliphatic rings. The van der Waals surface area contributed by atoms with Gasteiger partial charge in [0, 0.05) is 44.3 Å². The lowest BCUT2D eigenvalue weighted by Crippen LogP contribution is -2.29. The van der Waals surface area contributed by atoms with Crippen molar-refractivity contribution < 1.29 is 8.83 Å². The lowest BCUT2D eigenvalue weighted by Gasteiger charge is -2.35. The Kier molecular flexibility index (Phi) is 11.1. The zero-order chi connectivity index (χ0) is 55.5. The predicted molar refractivity (Wildman–Crippen MR) is 348 cm³/mol. The minimum Gasteiger partial charge on any atom is -0.454 e. The van der Waals surface area contributed by atoms with E-state index in [-0.39, 0.29) is 0 Å². The number of para-hydroxylation sites is 6. The molecule has 4 nitrogen and oxygen atoms in total. The van der Waals surface area contributed by atoms with Crippen LogP contribution >= 0.6 is 0 Å². The summed E-state index contributed by atoms with van der Waals surface area (Å²) in [6.07, 6.45) is 0. The fourth-order valence-corrected chi connectivity index (χ4v) is 14.1. The van der Waals surface area contributed by atoms with E-state index in [1.54, 1.807) is 0 Å². The highest BCUT2D eigenvalue weighted by Gasteiger charge is 2.48. The molecule has 396 valence electrons. The fourth-order valence-electron chi connectivity index (χ4n) is 14.1. The van der Waals surface area contributed by atoms with Crippen molar-refractivity contribution in [2.24, 2.45) is 0 Å². The van der Waals surface area contributed by atoms with Gasteiger partial charge in [0.1, 0.15) is 11.2 Å². The summed E-state index contributed by atoms with van der Waals surface area (Å²) in [5, 5.41) is 11.6. The third-order valence-electron chi connectivity index (χ3n) is 17.8. The van der Waals surface area contributed by atoms with Gasteiger partial charge in [-0.05, 0) is 161 Å². The Morgan fingerprint density at radius 2 is 0.759 bits per heavy atom. The van der Waals surface area contributed by atoms with Crippen molar-refractivity contribution in [1.29, 1.82) is 0 Å². The van der Waals surface area contributed by atoms with E-state index in [0.717, 1.165) is 83.4 Å². The molecule has 0 atom stereocenters. The Balaban J connectivity index is 0.955. The number of benzene rings is 13. The normalized spacial score (nSPS) is 12.9. The SMILES string of the molecule is CC(C)c1cccc2c1oc1c(N(c3ccccc3)c3ccc4cc5c(cc4c3)C(c3ccccc3)(c3ccccc3)c3c-5c4ccccc4c4cc(N(c5ccccc5)c5cccc6c5oc5c(C(C)C)cccc56)ccc34)cccc12. The number of hydrogen-bond acceptors (Lipinski definition) is 4. The second-order valence-electron chi connectivity index (χ2n) is 23.0. The van der Waals surface area contributed by atoms with Crippen LogP contribution in [0, 0.1) is 0 Å². The standard InChI is InChI=1S/C79H58N2O2/c1-49(2)59-33-19-35-64-66-37-21-39-71(77(66)82-75(59)64)80(55-27-13-7-14-28-55)57-42-41-51-46-69-70(47-52(51)45-57)79(53-23-9-5-10-24-53,54-25-11-6-12-26-54)74-63-44-43-58(48-68(63)61-31-17-18-32-62(61)73(69)74)81(56-29-15-8-16-30-56)72-40-22-38-67-65-36-20-34-60(50(3)4)76(65)83-78(67)72/h5-50H,1-4H3. The van der Waals surface area contributed by atoms with E-state index < -0.39 is 5.41 Å². The molecular weight excluding hydrogens is 1010 g/mol. The van der Waals surface area contributed by atoms with Crippen LogP contribution in [-0.2, 0) is 5.41 Å². The Bertz CT molecular complexity index is 5000. The molecule has 0 amide bonds. The van der Waals surface area contributed by atoms with Crippen molar-refractivity contribution in [3.05, 3.63) is 300 Å². The van der Waals surface area contributed by atoms with Crippen LogP contribution < -0.4 is 9.80 Å². The zero-order valence-electron chi connectivity index (χ0n) is 46.8. The number of hydrogen-bond donors (Lipinski definition) is 0. The van der Waals surface area contributed by atoms with Gasteiger partial charge in [-0.1, -0.05) is 222 Å². The first kappa shape index (κ1) is 48.7. The van der Waals surface area contributed by atoms with Gasteiger partial charge in [-0.15, -0.1) is 0 Å². The molecule has 4 heteroatoms. The number of anilines is 6. The summed E-state index contributed by atoms with van der Waals surface area (Å²) in [7, 11) is 0. The molecule has 0 aliphatic heterocycles. The molecule has 16 rings (SSSR count). The fraction of sp³-hybridized carbons (Fsp3) is 0.0886. The Labute approximate surface area is 482 Å². The van der Waals surface area contributed by atoms with Crippen LogP contribution in [0.1, 0.15) is 72.9 Å². The molecule has 0 spiro atoms. The van der Waals surface area contributed by atoms with Gasteiger partial charge in [0.25, 0.3) is 0 Å². The van der Waals surface area contributed by atoms with Gasteiger partial charge in [0.2, 0.25) is 0 Å². The molecule has 0 unspecified atom stereocenters. The van der Waals surface area contributed by atoms with Gasteiger partial charge in [0.15, 0.2) is 11.2 Å². The van der Waals surface area contributed by atoms with Crippen molar-refractivity contribution in [3.63, 3.8) is 0 Å². The number of furan rings is 2. The molecule has 0 saturated carbocycles. The summed E-state index contributed by atoms with van der Waals surface area (Å²) in [4.78, 5) is 4.76. The molecule has 0 radical (unpaired) electrons. The van der Waals surface area contributed by atoms with E-state index in [1.165, 1.54) is 71.4 Å². The first-order valence-corrected chi connectivity index (χ1v) is 29.1. The maximum absolute atomic E-state index is 7.07. The number of nitrogens with zero attached hydrogens (tertiary/aromatic N) is 2. The van der Waals surface area contributed by atoms with Gasteiger partial charge in [0.05, 0.1) is 16.8 Å². The Hall–Kier alpha value is -10.2. The van der Waals surface area contributed by atoms with Crippen LogP contribution in [0.4, 0.5) is 34.1 Å². The first-order valence-electron chi connectivity index (χ1n) is 29.1. The smallest absolute Gasteiger partial charge is 0.159 e. The molecular formula is C79H58N2O2. The highest BCUT2D eigenvalue weighted by molar-refractivity contribution is 6.21. The monoisotopic (exact) mass is 1070 g/mol. The molecule has 83 heavy (non-hydrogen) atoms. The van der Waals surface area contributed by atoms with Crippen molar-refractivity contribution in [3.8, 4) is 11.1 Å². The van der Waals surface area contributed by atoms with E-state index in [2.05, 4.69) is 304 Å². The molecule has 0 bridgehead atoms. The van der Waals surface area contributed by atoms with E-state index in [1.807, 2.05) is 0 Å². The average Bonchev–Trinajstić information content (AvgIpc) is 2.05.